The number of hydrogen-bond donors (Lipinski definition) is 3. The Morgan fingerprint density at radius 3 is 1.34 bits per heavy atom. The van der Waals surface area contributed by atoms with Gasteiger partial charge in [-0.3, -0.25) is 13.8 Å². The number of nitrogens with one attached hydrogen (secondary N) is 1. The number of rotatable bonds is 39. The summed E-state index contributed by atoms with van der Waals surface area (Å²) in [6.45, 7) is 4.89. The van der Waals surface area contributed by atoms with E-state index in [1.807, 2.05) is 21.1 Å². The molecule has 0 rings (SSSR count). The summed E-state index contributed by atoms with van der Waals surface area (Å²) in [5, 5.41) is 13.9. The van der Waals surface area contributed by atoms with Gasteiger partial charge in [-0.15, -0.1) is 0 Å². The van der Waals surface area contributed by atoms with E-state index in [2.05, 4.69) is 19.2 Å². The van der Waals surface area contributed by atoms with Gasteiger partial charge in [0.2, 0.25) is 5.91 Å². The van der Waals surface area contributed by atoms with Crippen LogP contribution in [0.3, 0.4) is 0 Å². The first-order chi connectivity index (χ1) is 24.0. The molecule has 0 aromatic heterocycles. The van der Waals surface area contributed by atoms with Gasteiger partial charge in [-0.05, 0) is 12.8 Å². The lowest BCUT2D eigenvalue weighted by Crippen LogP contribution is -2.46. The highest BCUT2D eigenvalue weighted by Crippen LogP contribution is 2.43. The maximum absolute atomic E-state index is 12.8. The molecule has 0 saturated carbocycles. The molecule has 3 atom stereocenters. The van der Waals surface area contributed by atoms with Crippen molar-refractivity contribution in [2.75, 3.05) is 40.9 Å². The van der Waals surface area contributed by atoms with Crippen LogP contribution in [0, 0.1) is 0 Å². The molecule has 1 unspecified atom stereocenters. The third-order valence-electron chi connectivity index (χ3n) is 9.86. The lowest BCUT2D eigenvalue weighted by molar-refractivity contribution is -0.870. The first kappa shape index (κ1) is 49.5. The molecule has 0 radical (unpaired) electrons. The van der Waals surface area contributed by atoms with Crippen LogP contribution in [-0.2, 0) is 18.4 Å². The number of likely N-dealkylation sites (N-methyl/N-ethyl adjacent to an activating group) is 1. The van der Waals surface area contributed by atoms with Crippen molar-refractivity contribution in [3.63, 3.8) is 0 Å². The van der Waals surface area contributed by atoms with Gasteiger partial charge in [0.15, 0.2) is 0 Å². The Kier molecular flexibility index (Phi) is 33.9. The molecule has 0 fully saturated rings. The Bertz CT molecular complexity index is 794. The molecule has 0 bridgehead atoms. The van der Waals surface area contributed by atoms with Crippen LogP contribution < -0.4 is 5.32 Å². The molecule has 9 heteroatoms. The van der Waals surface area contributed by atoms with E-state index in [1.54, 1.807) is 0 Å². The van der Waals surface area contributed by atoms with Gasteiger partial charge >= 0.3 is 7.82 Å². The maximum Gasteiger partial charge on any atom is 0.472 e. The standard InChI is InChI=1S/C41H85N2O6P/c1-6-8-10-12-14-16-18-20-21-22-23-24-26-28-30-32-34-40(44)39(38-49-50(46,47)48-37-36-43(3,4)5)42-41(45)35-33-31-29-27-25-19-17-15-13-11-9-7-2/h39-40,44H,6-38H2,1-5H3,(H-,42,45,46,47)/p+1/t39-,40+/m0/s1. The zero-order valence-corrected chi connectivity index (χ0v) is 34.8. The van der Waals surface area contributed by atoms with Gasteiger partial charge in [0.05, 0.1) is 39.9 Å². The Balaban J connectivity index is 4.36. The molecular weight excluding hydrogens is 647 g/mol. The van der Waals surface area contributed by atoms with Crippen LogP contribution in [0.15, 0.2) is 0 Å². The number of nitrogens with zero attached hydrogens (tertiary/aromatic N) is 1. The summed E-state index contributed by atoms with van der Waals surface area (Å²) in [5.41, 5.74) is 0. The third kappa shape index (κ3) is 35.9. The van der Waals surface area contributed by atoms with Gasteiger partial charge in [-0.2, -0.15) is 0 Å². The van der Waals surface area contributed by atoms with Gasteiger partial charge in [0.25, 0.3) is 0 Å². The van der Waals surface area contributed by atoms with Crippen LogP contribution in [0.5, 0.6) is 0 Å². The van der Waals surface area contributed by atoms with E-state index in [0.717, 1.165) is 38.5 Å². The van der Waals surface area contributed by atoms with Crippen LogP contribution in [-0.4, -0.2) is 73.4 Å². The molecule has 300 valence electrons. The molecule has 0 saturated heterocycles. The normalized spacial score (nSPS) is 14.5. The van der Waals surface area contributed by atoms with Crippen molar-refractivity contribution < 1.29 is 32.9 Å². The Hall–Kier alpha value is -0.500. The molecule has 3 N–H and O–H groups in total. The van der Waals surface area contributed by atoms with Gasteiger partial charge < -0.3 is 19.8 Å². The lowest BCUT2D eigenvalue weighted by Gasteiger charge is -2.26. The average molecular weight is 734 g/mol. The second-order valence-electron chi connectivity index (χ2n) is 16.1. The Labute approximate surface area is 310 Å². The molecule has 0 aromatic rings. The predicted octanol–water partition coefficient (Wildman–Crippen LogP) is 11.4. The van der Waals surface area contributed by atoms with E-state index in [0.29, 0.717) is 23.9 Å². The fourth-order valence-electron chi connectivity index (χ4n) is 6.40. The Morgan fingerprint density at radius 2 is 0.960 bits per heavy atom. The number of unbranched alkanes of at least 4 members (excludes halogenated alkanes) is 26. The van der Waals surface area contributed by atoms with Crippen molar-refractivity contribution in [3.05, 3.63) is 0 Å². The number of aliphatic hydroxyl groups is 1. The monoisotopic (exact) mass is 734 g/mol. The van der Waals surface area contributed by atoms with Gasteiger partial charge in [0.1, 0.15) is 13.2 Å². The molecule has 0 aromatic carbocycles. The Morgan fingerprint density at radius 1 is 0.600 bits per heavy atom. The van der Waals surface area contributed by atoms with Crippen molar-refractivity contribution in [1.29, 1.82) is 0 Å². The second-order valence-corrected chi connectivity index (χ2v) is 17.5. The van der Waals surface area contributed by atoms with E-state index in [9.17, 15) is 19.4 Å². The molecule has 0 aliphatic rings. The summed E-state index contributed by atoms with van der Waals surface area (Å²) in [6.07, 6.45) is 35.4. The number of phosphoric ester groups is 1. The predicted molar refractivity (Wildman–Crippen MR) is 212 cm³/mol. The zero-order chi connectivity index (χ0) is 37.2. The van der Waals surface area contributed by atoms with Crippen molar-refractivity contribution in [2.45, 2.75) is 219 Å². The fourth-order valence-corrected chi connectivity index (χ4v) is 7.13. The lowest BCUT2D eigenvalue weighted by atomic mass is 10.0. The van der Waals surface area contributed by atoms with Crippen LogP contribution in [0.25, 0.3) is 0 Å². The molecular formula is C41H86N2O6P+. The van der Waals surface area contributed by atoms with Crippen LogP contribution >= 0.6 is 7.82 Å². The molecule has 0 spiro atoms. The molecule has 0 aliphatic carbocycles. The summed E-state index contributed by atoms with van der Waals surface area (Å²) < 4.78 is 23.6. The summed E-state index contributed by atoms with van der Waals surface area (Å²) in [7, 11) is 1.63. The van der Waals surface area contributed by atoms with Crippen LogP contribution in [0.2, 0.25) is 0 Å². The van der Waals surface area contributed by atoms with Crippen molar-refractivity contribution in [1.82, 2.24) is 5.32 Å². The summed E-state index contributed by atoms with van der Waals surface area (Å²) in [6, 6.07) is -0.751. The maximum atomic E-state index is 12.8. The largest absolute Gasteiger partial charge is 0.472 e. The van der Waals surface area contributed by atoms with Gasteiger partial charge in [-0.25, -0.2) is 4.57 Å². The van der Waals surface area contributed by atoms with E-state index >= 15 is 0 Å². The SMILES string of the molecule is CCCCCCCCCCCCCCCCCC[C@@H](O)[C@H](COP(=O)(O)OCC[N+](C)(C)C)NC(=O)CCCCCCCCCCCCCC. The fraction of sp³-hybridized carbons (Fsp3) is 0.976. The van der Waals surface area contributed by atoms with Crippen molar-refractivity contribution >= 4 is 13.7 Å². The van der Waals surface area contributed by atoms with E-state index < -0.39 is 20.0 Å². The number of quaternary nitrogens is 1. The first-order valence-electron chi connectivity index (χ1n) is 21.4. The highest BCUT2D eigenvalue weighted by atomic mass is 31.2. The molecule has 50 heavy (non-hydrogen) atoms. The molecule has 1 amide bonds. The zero-order valence-electron chi connectivity index (χ0n) is 33.9. The number of amides is 1. The van der Waals surface area contributed by atoms with Crippen molar-refractivity contribution in [3.8, 4) is 0 Å². The second kappa shape index (κ2) is 34.3. The first-order valence-corrected chi connectivity index (χ1v) is 22.9. The number of phosphoric acid groups is 1. The highest BCUT2D eigenvalue weighted by molar-refractivity contribution is 7.47. The average Bonchev–Trinajstić information content (AvgIpc) is 3.06. The third-order valence-corrected chi connectivity index (χ3v) is 10.8. The summed E-state index contributed by atoms with van der Waals surface area (Å²) >= 11 is 0. The summed E-state index contributed by atoms with van der Waals surface area (Å²) in [5.74, 6) is -0.143. The molecule has 8 nitrogen and oxygen atoms in total. The van der Waals surface area contributed by atoms with Crippen molar-refractivity contribution in [2.24, 2.45) is 0 Å². The molecule has 0 aliphatic heterocycles. The van der Waals surface area contributed by atoms with E-state index in [1.165, 1.54) is 141 Å². The van der Waals surface area contributed by atoms with Crippen LogP contribution in [0.1, 0.15) is 206 Å². The minimum absolute atomic E-state index is 0.0784. The minimum Gasteiger partial charge on any atom is -0.391 e. The summed E-state index contributed by atoms with van der Waals surface area (Å²) in [4.78, 5) is 23.1. The minimum atomic E-state index is -4.30. The van der Waals surface area contributed by atoms with Gasteiger partial charge in [-0.1, -0.05) is 187 Å². The van der Waals surface area contributed by atoms with E-state index in [4.69, 9.17) is 9.05 Å². The topological polar surface area (TPSA) is 105 Å². The number of hydrogen-bond acceptors (Lipinski definition) is 5. The number of carbonyl (C=O) groups excluding carboxylic acids is 1. The molecule has 0 heterocycles. The quantitative estimate of drug-likeness (QED) is 0.0330. The highest BCUT2D eigenvalue weighted by Gasteiger charge is 2.28. The number of aliphatic hydroxyl groups excluding tert-OH is 1. The van der Waals surface area contributed by atoms with E-state index in [-0.39, 0.29) is 19.1 Å². The van der Waals surface area contributed by atoms with Crippen LogP contribution in [0.4, 0.5) is 0 Å². The smallest absolute Gasteiger partial charge is 0.391 e. The number of carbonyl (C=O) groups is 1. The van der Waals surface area contributed by atoms with Gasteiger partial charge in [0, 0.05) is 6.42 Å².